The van der Waals surface area contributed by atoms with Crippen molar-refractivity contribution in [3.8, 4) is 0 Å². The Morgan fingerprint density at radius 2 is 2.00 bits per heavy atom. The van der Waals surface area contributed by atoms with Crippen molar-refractivity contribution >= 4 is 5.91 Å². The lowest BCUT2D eigenvalue weighted by Crippen LogP contribution is -2.44. The molecule has 0 heterocycles. The molecule has 0 aromatic heterocycles. The summed E-state index contributed by atoms with van der Waals surface area (Å²) in [4.78, 5) is 11.9. The van der Waals surface area contributed by atoms with Crippen LogP contribution < -0.4 is 10.6 Å². The maximum absolute atomic E-state index is 11.9. The van der Waals surface area contributed by atoms with E-state index in [9.17, 15) is 4.79 Å². The zero-order valence-electron chi connectivity index (χ0n) is 11.9. The summed E-state index contributed by atoms with van der Waals surface area (Å²) in [5.41, 5.74) is 1.29. The highest BCUT2D eigenvalue weighted by molar-refractivity contribution is 5.81. The van der Waals surface area contributed by atoms with E-state index in [2.05, 4.69) is 41.8 Å². The van der Waals surface area contributed by atoms with E-state index in [1.807, 2.05) is 13.0 Å². The van der Waals surface area contributed by atoms with Crippen molar-refractivity contribution in [1.82, 2.24) is 10.6 Å². The van der Waals surface area contributed by atoms with Crippen molar-refractivity contribution in [2.45, 2.75) is 45.2 Å². The van der Waals surface area contributed by atoms with Crippen LogP contribution in [0.25, 0.3) is 0 Å². The van der Waals surface area contributed by atoms with Crippen LogP contribution in [0.5, 0.6) is 0 Å². The van der Waals surface area contributed by atoms with Crippen molar-refractivity contribution in [2.24, 2.45) is 5.92 Å². The number of hydrogen-bond acceptors (Lipinski definition) is 2. The normalized spacial score (nSPS) is 17.8. The van der Waals surface area contributed by atoms with E-state index in [4.69, 9.17) is 0 Å². The summed E-state index contributed by atoms with van der Waals surface area (Å²) in [6.07, 6.45) is 3.49. The number of hydrogen-bond donors (Lipinski definition) is 2. The minimum atomic E-state index is -0.141. The molecule has 0 saturated heterocycles. The van der Waals surface area contributed by atoms with Gasteiger partial charge in [0.25, 0.3) is 0 Å². The maximum atomic E-state index is 11.9. The van der Waals surface area contributed by atoms with Gasteiger partial charge in [-0.1, -0.05) is 37.3 Å². The van der Waals surface area contributed by atoms with Gasteiger partial charge in [0.15, 0.2) is 0 Å². The Balaban J connectivity index is 1.96. The highest BCUT2D eigenvalue weighted by atomic mass is 16.2. The Hall–Kier alpha value is -1.35. The van der Waals surface area contributed by atoms with Crippen LogP contribution in [0.3, 0.4) is 0 Å². The SMILES string of the molecule is CCCNC(=O)C(C)NC(c1ccccc1)C1CC1. The number of nitrogens with one attached hydrogen (secondary N) is 2. The Bertz CT molecular complexity index is 400. The van der Waals surface area contributed by atoms with Crippen LogP contribution in [-0.4, -0.2) is 18.5 Å². The van der Waals surface area contributed by atoms with Crippen molar-refractivity contribution in [3.63, 3.8) is 0 Å². The number of rotatable bonds is 7. The van der Waals surface area contributed by atoms with Gasteiger partial charge in [0.2, 0.25) is 5.91 Å². The monoisotopic (exact) mass is 260 g/mol. The topological polar surface area (TPSA) is 41.1 Å². The molecule has 0 spiro atoms. The van der Waals surface area contributed by atoms with Gasteiger partial charge in [0.1, 0.15) is 0 Å². The van der Waals surface area contributed by atoms with E-state index < -0.39 is 0 Å². The lowest BCUT2D eigenvalue weighted by molar-refractivity contribution is -0.123. The van der Waals surface area contributed by atoms with Crippen molar-refractivity contribution in [2.75, 3.05) is 6.54 Å². The third kappa shape index (κ3) is 4.06. The zero-order valence-corrected chi connectivity index (χ0v) is 11.9. The molecule has 1 aliphatic rings. The summed E-state index contributed by atoms with van der Waals surface area (Å²) in [5, 5.41) is 6.44. The minimum absolute atomic E-state index is 0.100. The second-order valence-corrected chi connectivity index (χ2v) is 5.41. The van der Waals surface area contributed by atoms with Gasteiger partial charge >= 0.3 is 0 Å². The van der Waals surface area contributed by atoms with Crippen LogP contribution in [0, 0.1) is 5.92 Å². The summed E-state index contributed by atoms with van der Waals surface area (Å²) in [7, 11) is 0. The van der Waals surface area contributed by atoms with Crippen LogP contribution in [0.1, 0.15) is 44.7 Å². The minimum Gasteiger partial charge on any atom is -0.355 e. The van der Waals surface area contributed by atoms with E-state index in [1.54, 1.807) is 0 Å². The average molecular weight is 260 g/mol. The van der Waals surface area contributed by atoms with Gasteiger partial charge in [-0.05, 0) is 37.7 Å². The summed E-state index contributed by atoms with van der Waals surface area (Å²) in [6.45, 7) is 4.77. The van der Waals surface area contributed by atoms with Crippen LogP contribution >= 0.6 is 0 Å². The highest BCUT2D eigenvalue weighted by Gasteiger charge is 2.33. The molecule has 1 amide bonds. The Morgan fingerprint density at radius 3 is 2.58 bits per heavy atom. The van der Waals surface area contributed by atoms with E-state index >= 15 is 0 Å². The third-order valence-corrected chi connectivity index (χ3v) is 3.62. The molecule has 0 radical (unpaired) electrons. The van der Waals surface area contributed by atoms with Gasteiger partial charge in [-0.2, -0.15) is 0 Å². The molecule has 1 aliphatic carbocycles. The van der Waals surface area contributed by atoms with E-state index in [0.29, 0.717) is 12.0 Å². The molecule has 2 atom stereocenters. The molecule has 1 saturated carbocycles. The summed E-state index contributed by atoms with van der Waals surface area (Å²) < 4.78 is 0. The standard InChI is InChI=1S/C16H24N2O/c1-3-11-17-16(19)12(2)18-15(14-9-10-14)13-7-5-4-6-8-13/h4-8,12,14-15,18H,3,9-11H2,1-2H3,(H,17,19). The maximum Gasteiger partial charge on any atom is 0.236 e. The summed E-state index contributed by atoms with van der Waals surface area (Å²) >= 11 is 0. The molecule has 3 nitrogen and oxygen atoms in total. The molecule has 3 heteroatoms. The smallest absolute Gasteiger partial charge is 0.236 e. The molecule has 1 aromatic carbocycles. The highest BCUT2D eigenvalue weighted by Crippen LogP contribution is 2.41. The van der Waals surface area contributed by atoms with Gasteiger partial charge in [0.05, 0.1) is 6.04 Å². The summed E-state index contributed by atoms with van der Waals surface area (Å²) in [6, 6.07) is 10.6. The first-order chi connectivity index (χ1) is 9.22. The second kappa shape index (κ2) is 6.71. The third-order valence-electron chi connectivity index (χ3n) is 3.62. The molecule has 104 valence electrons. The number of carbonyl (C=O) groups excluding carboxylic acids is 1. The lowest BCUT2D eigenvalue weighted by atomic mass is 10.0. The van der Waals surface area contributed by atoms with Crippen LogP contribution in [-0.2, 0) is 4.79 Å². The fourth-order valence-electron chi connectivity index (χ4n) is 2.34. The van der Waals surface area contributed by atoms with Crippen molar-refractivity contribution in [3.05, 3.63) is 35.9 Å². The van der Waals surface area contributed by atoms with Gasteiger partial charge in [-0.15, -0.1) is 0 Å². The predicted molar refractivity (Wildman–Crippen MR) is 77.8 cm³/mol. The molecule has 0 aliphatic heterocycles. The van der Waals surface area contributed by atoms with E-state index in [-0.39, 0.29) is 11.9 Å². The van der Waals surface area contributed by atoms with Gasteiger partial charge in [-0.3, -0.25) is 10.1 Å². The first-order valence-corrected chi connectivity index (χ1v) is 7.31. The molecule has 2 unspecified atom stereocenters. The largest absolute Gasteiger partial charge is 0.355 e. The van der Waals surface area contributed by atoms with E-state index in [1.165, 1.54) is 18.4 Å². The molecule has 1 fully saturated rings. The van der Waals surface area contributed by atoms with Gasteiger partial charge < -0.3 is 5.32 Å². The first-order valence-electron chi connectivity index (χ1n) is 7.31. The number of benzene rings is 1. The van der Waals surface area contributed by atoms with Crippen LogP contribution in [0.15, 0.2) is 30.3 Å². The Kier molecular flexibility index (Phi) is 4.97. The molecular weight excluding hydrogens is 236 g/mol. The quantitative estimate of drug-likeness (QED) is 0.791. The molecule has 0 bridgehead atoms. The van der Waals surface area contributed by atoms with Crippen molar-refractivity contribution < 1.29 is 4.79 Å². The average Bonchev–Trinajstić information content (AvgIpc) is 3.27. The van der Waals surface area contributed by atoms with Crippen LogP contribution in [0.4, 0.5) is 0 Å². The predicted octanol–water partition coefficient (Wildman–Crippen LogP) is 2.64. The lowest BCUT2D eigenvalue weighted by Gasteiger charge is -2.23. The molecule has 2 N–H and O–H groups in total. The van der Waals surface area contributed by atoms with Crippen LogP contribution in [0.2, 0.25) is 0 Å². The molecular formula is C16H24N2O. The fraction of sp³-hybridized carbons (Fsp3) is 0.562. The number of amides is 1. The molecule has 2 rings (SSSR count). The van der Waals surface area contributed by atoms with Crippen molar-refractivity contribution in [1.29, 1.82) is 0 Å². The fourth-order valence-corrected chi connectivity index (χ4v) is 2.34. The summed E-state index contributed by atoms with van der Waals surface area (Å²) in [5.74, 6) is 0.784. The molecule has 19 heavy (non-hydrogen) atoms. The molecule has 1 aromatic rings. The van der Waals surface area contributed by atoms with Gasteiger partial charge in [0, 0.05) is 12.6 Å². The zero-order chi connectivity index (χ0) is 13.7. The van der Waals surface area contributed by atoms with E-state index in [0.717, 1.165) is 13.0 Å². The Labute approximate surface area is 115 Å². The van der Waals surface area contributed by atoms with Gasteiger partial charge in [-0.25, -0.2) is 0 Å². The second-order valence-electron chi connectivity index (χ2n) is 5.41. The number of carbonyl (C=O) groups is 1. The Morgan fingerprint density at radius 1 is 1.32 bits per heavy atom. The first kappa shape index (κ1) is 14.1.